The lowest BCUT2D eigenvalue weighted by atomic mass is 10.1. The Kier molecular flexibility index (Phi) is 3.69. The minimum absolute atomic E-state index is 0.141. The lowest BCUT2D eigenvalue weighted by Crippen LogP contribution is -2.30. The van der Waals surface area contributed by atoms with Crippen LogP contribution in [0.5, 0.6) is 0 Å². The number of ether oxygens (including phenoxy) is 1. The molecule has 0 saturated carbocycles. The summed E-state index contributed by atoms with van der Waals surface area (Å²) < 4.78 is 4.53. The van der Waals surface area contributed by atoms with E-state index in [4.69, 9.17) is 0 Å². The van der Waals surface area contributed by atoms with Gasteiger partial charge in [-0.3, -0.25) is 4.79 Å². The van der Waals surface area contributed by atoms with Crippen LogP contribution in [0.2, 0.25) is 0 Å². The monoisotopic (exact) mass is 187 g/mol. The molecular formula is C9H17NO3. The molecule has 4 heteroatoms. The van der Waals surface area contributed by atoms with Gasteiger partial charge >= 0.3 is 5.97 Å². The number of aliphatic hydroxyl groups excluding tert-OH is 1. The van der Waals surface area contributed by atoms with Gasteiger partial charge < -0.3 is 15.2 Å². The zero-order chi connectivity index (χ0) is 9.84. The molecule has 0 bridgehead atoms. The largest absolute Gasteiger partial charge is 0.469 e. The number of esters is 1. The summed E-state index contributed by atoms with van der Waals surface area (Å²) >= 11 is 0. The third-order valence-corrected chi connectivity index (χ3v) is 2.53. The third kappa shape index (κ3) is 2.97. The predicted molar refractivity (Wildman–Crippen MR) is 48.3 cm³/mol. The molecule has 13 heavy (non-hydrogen) atoms. The molecule has 1 heterocycles. The minimum Gasteiger partial charge on any atom is -0.469 e. The normalized spacial score (nSPS) is 33.3. The van der Waals surface area contributed by atoms with Crippen molar-refractivity contribution in [3.05, 3.63) is 0 Å². The van der Waals surface area contributed by atoms with Crippen LogP contribution < -0.4 is 5.32 Å². The number of aliphatic hydroxyl groups is 1. The van der Waals surface area contributed by atoms with Gasteiger partial charge in [0.05, 0.1) is 13.2 Å². The summed E-state index contributed by atoms with van der Waals surface area (Å²) in [6, 6.07) is 0.395. The van der Waals surface area contributed by atoms with E-state index in [-0.39, 0.29) is 24.2 Å². The Morgan fingerprint density at radius 1 is 1.69 bits per heavy atom. The Hall–Kier alpha value is -0.610. The molecule has 0 aromatic carbocycles. The fourth-order valence-electron chi connectivity index (χ4n) is 1.64. The van der Waals surface area contributed by atoms with Crippen molar-refractivity contribution >= 4 is 5.97 Å². The summed E-state index contributed by atoms with van der Waals surface area (Å²) in [4.78, 5) is 10.8. The number of carbonyl (C=O) groups excluding carboxylic acids is 1. The van der Waals surface area contributed by atoms with E-state index in [1.165, 1.54) is 7.11 Å². The highest BCUT2D eigenvalue weighted by molar-refractivity contribution is 5.69. The third-order valence-electron chi connectivity index (χ3n) is 2.53. The number of rotatable bonds is 3. The van der Waals surface area contributed by atoms with Gasteiger partial charge in [-0.2, -0.15) is 0 Å². The maximum atomic E-state index is 10.8. The lowest BCUT2D eigenvalue weighted by molar-refractivity contribution is -0.140. The molecule has 1 rings (SSSR count). The predicted octanol–water partition coefficient (Wildman–Crippen LogP) is 0.0509. The Balaban J connectivity index is 2.20. The van der Waals surface area contributed by atoms with E-state index in [0.29, 0.717) is 6.42 Å². The van der Waals surface area contributed by atoms with Gasteiger partial charge in [0, 0.05) is 18.5 Å². The molecule has 4 nitrogen and oxygen atoms in total. The van der Waals surface area contributed by atoms with E-state index < -0.39 is 0 Å². The molecular weight excluding hydrogens is 170 g/mol. The molecule has 0 radical (unpaired) electrons. The highest BCUT2D eigenvalue weighted by atomic mass is 16.5. The van der Waals surface area contributed by atoms with Crippen molar-refractivity contribution < 1.29 is 14.6 Å². The maximum absolute atomic E-state index is 10.8. The lowest BCUT2D eigenvalue weighted by Gasteiger charge is -2.09. The van der Waals surface area contributed by atoms with E-state index in [9.17, 15) is 9.90 Å². The molecule has 1 aliphatic heterocycles. The number of methoxy groups -OCH3 is 1. The van der Waals surface area contributed by atoms with Crippen molar-refractivity contribution in [3.63, 3.8) is 0 Å². The molecule has 0 amide bonds. The van der Waals surface area contributed by atoms with E-state index in [1.807, 2.05) is 6.92 Å². The van der Waals surface area contributed by atoms with Crippen molar-refractivity contribution in [2.24, 2.45) is 0 Å². The molecule has 2 N–H and O–H groups in total. The second kappa shape index (κ2) is 4.58. The second-order valence-electron chi connectivity index (χ2n) is 3.57. The Labute approximate surface area is 78.3 Å². The van der Waals surface area contributed by atoms with Gasteiger partial charge in [-0.1, -0.05) is 0 Å². The van der Waals surface area contributed by atoms with Gasteiger partial charge in [-0.15, -0.1) is 0 Å². The molecule has 0 aliphatic carbocycles. The van der Waals surface area contributed by atoms with Crippen LogP contribution in [0.3, 0.4) is 0 Å². The van der Waals surface area contributed by atoms with Crippen LogP contribution in [-0.2, 0) is 9.53 Å². The van der Waals surface area contributed by atoms with Gasteiger partial charge in [0.25, 0.3) is 0 Å². The first-order chi connectivity index (χ1) is 6.13. The molecule has 1 saturated heterocycles. The zero-order valence-electron chi connectivity index (χ0n) is 8.12. The van der Waals surface area contributed by atoms with Crippen LogP contribution in [0.15, 0.2) is 0 Å². The molecule has 1 aliphatic rings. The van der Waals surface area contributed by atoms with Gasteiger partial charge in [-0.25, -0.2) is 0 Å². The summed E-state index contributed by atoms with van der Waals surface area (Å²) in [5.41, 5.74) is 0. The standard InChI is InChI=1S/C9H17NO3/c1-6-8(11)5-7(10-6)3-4-9(12)13-2/h6-8,10-11H,3-5H2,1-2H3/t6-,7-,8-/m1/s1. The Bertz CT molecular complexity index is 174. The summed E-state index contributed by atoms with van der Waals surface area (Å²) in [6.45, 7) is 1.95. The van der Waals surface area contributed by atoms with Crippen LogP contribution in [0, 0.1) is 0 Å². The minimum atomic E-state index is -0.275. The molecule has 0 aromatic heterocycles. The summed E-state index contributed by atoms with van der Waals surface area (Å²) in [7, 11) is 1.39. The van der Waals surface area contributed by atoms with Crippen molar-refractivity contribution in [2.75, 3.05) is 7.11 Å². The Morgan fingerprint density at radius 3 is 2.85 bits per heavy atom. The quantitative estimate of drug-likeness (QED) is 0.613. The molecule has 3 atom stereocenters. The molecule has 76 valence electrons. The van der Waals surface area contributed by atoms with Crippen LogP contribution in [0.1, 0.15) is 26.2 Å². The van der Waals surface area contributed by atoms with E-state index >= 15 is 0 Å². The summed E-state index contributed by atoms with van der Waals surface area (Å²) in [5, 5.41) is 12.6. The summed E-state index contributed by atoms with van der Waals surface area (Å²) in [5.74, 6) is -0.184. The second-order valence-corrected chi connectivity index (χ2v) is 3.57. The van der Waals surface area contributed by atoms with E-state index in [1.54, 1.807) is 0 Å². The number of hydrogen-bond donors (Lipinski definition) is 2. The van der Waals surface area contributed by atoms with Crippen molar-refractivity contribution in [1.29, 1.82) is 0 Å². The van der Waals surface area contributed by atoms with Gasteiger partial charge in [0.15, 0.2) is 0 Å². The van der Waals surface area contributed by atoms with Gasteiger partial charge in [-0.05, 0) is 19.8 Å². The zero-order valence-corrected chi connectivity index (χ0v) is 8.12. The average Bonchev–Trinajstić information content (AvgIpc) is 2.42. The molecule has 0 spiro atoms. The van der Waals surface area contributed by atoms with Crippen molar-refractivity contribution in [1.82, 2.24) is 5.32 Å². The number of nitrogens with one attached hydrogen (secondary N) is 1. The van der Waals surface area contributed by atoms with Crippen LogP contribution in [-0.4, -0.2) is 36.4 Å². The highest BCUT2D eigenvalue weighted by Crippen LogP contribution is 2.16. The van der Waals surface area contributed by atoms with Crippen molar-refractivity contribution in [2.45, 2.75) is 44.4 Å². The number of carbonyl (C=O) groups is 1. The number of hydrogen-bond acceptors (Lipinski definition) is 4. The molecule has 0 aromatic rings. The van der Waals surface area contributed by atoms with E-state index in [0.717, 1.165) is 12.8 Å². The van der Waals surface area contributed by atoms with Crippen LogP contribution in [0.25, 0.3) is 0 Å². The first kappa shape index (κ1) is 10.5. The van der Waals surface area contributed by atoms with E-state index in [2.05, 4.69) is 10.1 Å². The van der Waals surface area contributed by atoms with Gasteiger partial charge in [0.1, 0.15) is 0 Å². The van der Waals surface area contributed by atoms with Crippen molar-refractivity contribution in [3.8, 4) is 0 Å². The highest BCUT2D eigenvalue weighted by Gasteiger charge is 2.28. The first-order valence-corrected chi connectivity index (χ1v) is 4.64. The maximum Gasteiger partial charge on any atom is 0.305 e. The first-order valence-electron chi connectivity index (χ1n) is 4.64. The van der Waals surface area contributed by atoms with Crippen LogP contribution in [0.4, 0.5) is 0 Å². The SMILES string of the molecule is COC(=O)CC[C@@H]1C[C@@H](O)[C@@H](C)N1. The van der Waals surface area contributed by atoms with Gasteiger partial charge in [0.2, 0.25) is 0 Å². The molecule has 1 fully saturated rings. The Morgan fingerprint density at radius 2 is 2.38 bits per heavy atom. The summed E-state index contributed by atoms with van der Waals surface area (Å²) in [6.07, 6.45) is 1.63. The fourth-order valence-corrected chi connectivity index (χ4v) is 1.64. The topological polar surface area (TPSA) is 58.6 Å². The average molecular weight is 187 g/mol. The molecule has 0 unspecified atom stereocenters. The fraction of sp³-hybridized carbons (Fsp3) is 0.889. The smallest absolute Gasteiger partial charge is 0.305 e. The van der Waals surface area contributed by atoms with Crippen LogP contribution >= 0.6 is 0 Å².